The summed E-state index contributed by atoms with van der Waals surface area (Å²) < 4.78 is 0. The zero-order chi connectivity index (χ0) is 22.5. The summed E-state index contributed by atoms with van der Waals surface area (Å²) in [5, 5.41) is 0. The number of benzene rings is 1. The smallest absolute Gasteiger partial charge is 0.0921 e. The average molecular weight is 405 g/mol. The van der Waals surface area contributed by atoms with Crippen LogP contribution < -0.4 is 0 Å². The number of nitrogens with zero attached hydrogens (tertiary/aromatic N) is 4. The molecule has 0 saturated heterocycles. The van der Waals surface area contributed by atoms with Gasteiger partial charge in [-0.05, 0) is 53.3 Å². The first-order chi connectivity index (χ1) is 14.6. The highest BCUT2D eigenvalue weighted by atomic mass is 14.8. The van der Waals surface area contributed by atoms with Crippen LogP contribution in [0.2, 0.25) is 0 Å². The maximum absolute atomic E-state index is 4.34. The lowest BCUT2D eigenvalue weighted by Crippen LogP contribution is -1.92. The van der Waals surface area contributed by atoms with Gasteiger partial charge in [0.1, 0.15) is 0 Å². The maximum atomic E-state index is 4.34. The van der Waals surface area contributed by atoms with Crippen LogP contribution in [0.15, 0.2) is 61.2 Å². The van der Waals surface area contributed by atoms with E-state index in [2.05, 4.69) is 59.8 Å². The molecule has 0 fully saturated rings. The minimum atomic E-state index is 0.500. The second-order valence-corrected chi connectivity index (χ2v) is 6.89. The third kappa shape index (κ3) is 6.87. The lowest BCUT2D eigenvalue weighted by Gasteiger charge is -2.07. The number of hydrogen-bond acceptors (Lipinski definition) is 4. The van der Waals surface area contributed by atoms with Crippen molar-refractivity contribution >= 4 is 22.1 Å². The zero-order valence-electron chi connectivity index (χ0n) is 19.7. The Morgan fingerprint density at radius 1 is 0.567 bits per heavy atom. The molecule has 0 saturated carbocycles. The Hall–Kier alpha value is -2.88. The molecule has 0 unspecified atom stereocenters. The standard InChI is InChI=1S/2C11H12N2.2C2H6/c1-8(2)9-3-4-10-11(7-9)13-6-5-12-10;1-8(2)9-5-7-12-10-4-3-6-13-11(9)10;2*1-2/h2*3-8H,1-2H3;2*1-2H3. The molecule has 30 heavy (non-hydrogen) atoms. The van der Waals surface area contributed by atoms with E-state index >= 15 is 0 Å². The first kappa shape index (κ1) is 25.2. The second kappa shape index (κ2) is 13.4. The van der Waals surface area contributed by atoms with Crippen LogP contribution >= 0.6 is 0 Å². The summed E-state index contributed by atoms with van der Waals surface area (Å²) in [6.45, 7) is 16.7. The summed E-state index contributed by atoms with van der Waals surface area (Å²) in [5.74, 6) is 1.05. The van der Waals surface area contributed by atoms with Crippen molar-refractivity contribution in [1.82, 2.24) is 19.9 Å². The monoisotopic (exact) mass is 404 g/mol. The molecule has 0 radical (unpaired) electrons. The summed E-state index contributed by atoms with van der Waals surface area (Å²) in [7, 11) is 0. The van der Waals surface area contributed by atoms with E-state index in [1.54, 1.807) is 12.4 Å². The molecule has 0 spiro atoms. The van der Waals surface area contributed by atoms with Gasteiger partial charge in [0.25, 0.3) is 0 Å². The van der Waals surface area contributed by atoms with Crippen molar-refractivity contribution < 1.29 is 0 Å². The van der Waals surface area contributed by atoms with Crippen LogP contribution in [0.3, 0.4) is 0 Å². The van der Waals surface area contributed by atoms with Gasteiger partial charge in [-0.15, -0.1) is 0 Å². The Balaban J connectivity index is 0.000000258. The summed E-state index contributed by atoms with van der Waals surface area (Å²) in [5.41, 5.74) is 6.54. The van der Waals surface area contributed by atoms with E-state index in [0.717, 1.165) is 22.1 Å². The summed E-state index contributed by atoms with van der Waals surface area (Å²) >= 11 is 0. The second-order valence-electron chi connectivity index (χ2n) is 6.89. The highest BCUT2D eigenvalue weighted by Gasteiger charge is 2.05. The van der Waals surface area contributed by atoms with Crippen LogP contribution in [0.25, 0.3) is 22.1 Å². The van der Waals surface area contributed by atoms with Crippen LogP contribution in [-0.2, 0) is 0 Å². The first-order valence-corrected chi connectivity index (χ1v) is 11.0. The molecular weight excluding hydrogens is 368 g/mol. The molecule has 4 aromatic rings. The van der Waals surface area contributed by atoms with Crippen molar-refractivity contribution in [2.45, 2.75) is 67.2 Å². The fraction of sp³-hybridized carbons (Fsp3) is 0.385. The largest absolute Gasteiger partial charge is 0.255 e. The molecular formula is C26H36N4. The Kier molecular flexibility index (Phi) is 11.2. The third-order valence-electron chi connectivity index (χ3n) is 4.31. The van der Waals surface area contributed by atoms with Crippen molar-refractivity contribution in [3.05, 3.63) is 72.3 Å². The van der Waals surface area contributed by atoms with Gasteiger partial charge < -0.3 is 0 Å². The van der Waals surface area contributed by atoms with Gasteiger partial charge in [-0.1, -0.05) is 61.5 Å². The molecule has 4 nitrogen and oxygen atoms in total. The van der Waals surface area contributed by atoms with Gasteiger partial charge in [-0.2, -0.15) is 0 Å². The maximum Gasteiger partial charge on any atom is 0.0921 e. The van der Waals surface area contributed by atoms with Crippen LogP contribution in [0.1, 0.15) is 78.4 Å². The van der Waals surface area contributed by atoms with Gasteiger partial charge in [0, 0.05) is 24.8 Å². The minimum absolute atomic E-state index is 0.500. The Morgan fingerprint density at radius 2 is 1.20 bits per heavy atom. The Labute approximate surface area is 181 Å². The molecule has 4 rings (SSSR count). The summed E-state index contributed by atoms with van der Waals surface area (Å²) in [6, 6.07) is 12.2. The predicted octanol–water partition coefficient (Wildman–Crippen LogP) is 7.56. The van der Waals surface area contributed by atoms with E-state index in [4.69, 9.17) is 0 Å². The van der Waals surface area contributed by atoms with Gasteiger partial charge >= 0.3 is 0 Å². The number of aromatic nitrogens is 4. The minimum Gasteiger partial charge on any atom is -0.255 e. The molecule has 160 valence electrons. The number of rotatable bonds is 2. The molecule has 1 aromatic carbocycles. The highest BCUT2D eigenvalue weighted by molar-refractivity contribution is 5.77. The van der Waals surface area contributed by atoms with E-state index in [-0.39, 0.29) is 0 Å². The topological polar surface area (TPSA) is 51.6 Å². The van der Waals surface area contributed by atoms with Crippen LogP contribution in [0.5, 0.6) is 0 Å². The average Bonchev–Trinajstić information content (AvgIpc) is 2.81. The van der Waals surface area contributed by atoms with E-state index in [0.29, 0.717) is 11.8 Å². The molecule has 0 bridgehead atoms. The van der Waals surface area contributed by atoms with Gasteiger partial charge in [-0.25, -0.2) is 0 Å². The van der Waals surface area contributed by atoms with Gasteiger partial charge in [0.05, 0.1) is 22.1 Å². The van der Waals surface area contributed by atoms with Crippen molar-refractivity contribution in [2.24, 2.45) is 0 Å². The van der Waals surface area contributed by atoms with Crippen LogP contribution in [-0.4, -0.2) is 19.9 Å². The van der Waals surface area contributed by atoms with Crippen molar-refractivity contribution in [3.63, 3.8) is 0 Å². The van der Waals surface area contributed by atoms with E-state index in [1.165, 1.54) is 11.1 Å². The lowest BCUT2D eigenvalue weighted by atomic mass is 10.0. The third-order valence-corrected chi connectivity index (χ3v) is 4.31. The van der Waals surface area contributed by atoms with E-state index in [9.17, 15) is 0 Å². The highest BCUT2D eigenvalue weighted by Crippen LogP contribution is 2.21. The fourth-order valence-electron chi connectivity index (χ4n) is 2.81. The molecule has 0 aliphatic rings. The first-order valence-electron chi connectivity index (χ1n) is 11.0. The van der Waals surface area contributed by atoms with Crippen molar-refractivity contribution in [1.29, 1.82) is 0 Å². The fourth-order valence-corrected chi connectivity index (χ4v) is 2.81. The molecule has 3 heterocycles. The van der Waals surface area contributed by atoms with Gasteiger partial charge in [-0.3, -0.25) is 19.9 Å². The normalized spacial score (nSPS) is 9.93. The van der Waals surface area contributed by atoms with E-state index < -0.39 is 0 Å². The molecule has 0 N–H and O–H groups in total. The van der Waals surface area contributed by atoms with Crippen molar-refractivity contribution in [3.8, 4) is 0 Å². The summed E-state index contributed by atoms with van der Waals surface area (Å²) in [6.07, 6.45) is 7.11. The van der Waals surface area contributed by atoms with Gasteiger partial charge in [0.2, 0.25) is 0 Å². The Morgan fingerprint density at radius 3 is 1.83 bits per heavy atom. The van der Waals surface area contributed by atoms with Gasteiger partial charge in [0.15, 0.2) is 0 Å². The number of pyridine rings is 2. The van der Waals surface area contributed by atoms with Crippen LogP contribution in [0, 0.1) is 0 Å². The number of hydrogen-bond donors (Lipinski definition) is 0. The quantitative estimate of drug-likeness (QED) is 0.346. The number of fused-ring (bicyclic) bond motifs is 2. The molecule has 0 aliphatic carbocycles. The lowest BCUT2D eigenvalue weighted by molar-refractivity contribution is 0.868. The SMILES string of the molecule is CC.CC.CC(C)c1ccc2nccnc2c1.CC(C)c1ccnc2cccnc12. The predicted molar refractivity (Wildman–Crippen MR) is 130 cm³/mol. The zero-order valence-corrected chi connectivity index (χ0v) is 19.7. The molecule has 3 aromatic heterocycles. The molecule has 0 aliphatic heterocycles. The van der Waals surface area contributed by atoms with Crippen molar-refractivity contribution in [2.75, 3.05) is 0 Å². The Bertz CT molecular complexity index is 998. The molecule has 4 heteroatoms. The van der Waals surface area contributed by atoms with Crippen LogP contribution in [0.4, 0.5) is 0 Å². The molecule has 0 amide bonds. The summed E-state index contributed by atoms with van der Waals surface area (Å²) in [4.78, 5) is 17.1. The van der Waals surface area contributed by atoms with E-state index in [1.807, 2.05) is 64.4 Å². The molecule has 0 atom stereocenters.